The second kappa shape index (κ2) is 6.62. The van der Waals surface area contributed by atoms with Gasteiger partial charge in [-0.15, -0.1) is 0 Å². The number of nitrogens with zero attached hydrogens (tertiary/aromatic N) is 2. The highest BCUT2D eigenvalue weighted by Gasteiger charge is 2.24. The molecule has 112 valence electrons. The zero-order valence-electron chi connectivity index (χ0n) is 11.8. The molecule has 1 unspecified atom stereocenters. The molecule has 1 heterocycles. The number of carboxylic acids is 1. The number of hydrogen-bond acceptors (Lipinski definition) is 2. The van der Waals surface area contributed by atoms with Crippen LogP contribution in [0.25, 0.3) is 0 Å². The Morgan fingerprint density at radius 3 is 2.52 bits per heavy atom. The van der Waals surface area contributed by atoms with Gasteiger partial charge in [0.1, 0.15) is 0 Å². The number of aryl methyl sites for hydroxylation is 2. The van der Waals surface area contributed by atoms with E-state index in [0.717, 1.165) is 27.8 Å². The van der Waals surface area contributed by atoms with Crippen LogP contribution in [0.15, 0.2) is 28.7 Å². The average molecular weight is 372 g/mol. The fourth-order valence-corrected chi connectivity index (χ4v) is 3.18. The Hall–Kier alpha value is -1.33. The van der Waals surface area contributed by atoms with E-state index in [9.17, 15) is 9.90 Å². The van der Waals surface area contributed by atoms with Crippen molar-refractivity contribution in [3.05, 3.63) is 50.7 Å². The quantitative estimate of drug-likeness (QED) is 0.869. The van der Waals surface area contributed by atoms with Gasteiger partial charge in [-0.05, 0) is 40.0 Å². The first-order valence-electron chi connectivity index (χ1n) is 6.62. The van der Waals surface area contributed by atoms with E-state index < -0.39 is 11.9 Å². The smallest absolute Gasteiger partial charge is 0.311 e. The van der Waals surface area contributed by atoms with Crippen LogP contribution in [0.3, 0.4) is 0 Å². The third-order valence-electron chi connectivity index (χ3n) is 3.47. The molecule has 0 aliphatic rings. The molecule has 1 atom stereocenters. The number of benzene rings is 1. The normalized spacial score (nSPS) is 12.4. The first-order chi connectivity index (χ1) is 9.93. The van der Waals surface area contributed by atoms with Crippen molar-refractivity contribution < 1.29 is 9.90 Å². The minimum atomic E-state index is -0.858. The maximum absolute atomic E-state index is 11.6. The Balaban J connectivity index is 2.35. The first kappa shape index (κ1) is 16.0. The summed E-state index contributed by atoms with van der Waals surface area (Å²) in [5.41, 5.74) is 2.56. The standard InChI is InChI=1S/C15H16BrClN2O2/c1-3-12-14(16)13(19(2)18-12)8-11(15(20)21)9-4-6-10(17)7-5-9/h4-7,11H,3,8H2,1-2H3,(H,20,21). The highest BCUT2D eigenvalue weighted by Crippen LogP contribution is 2.28. The summed E-state index contributed by atoms with van der Waals surface area (Å²) >= 11 is 9.39. The lowest BCUT2D eigenvalue weighted by Crippen LogP contribution is -2.16. The second-order valence-corrected chi connectivity index (χ2v) is 6.06. The summed E-state index contributed by atoms with van der Waals surface area (Å²) in [5.74, 6) is -1.48. The van der Waals surface area contributed by atoms with E-state index in [1.54, 1.807) is 28.9 Å². The number of rotatable bonds is 5. The van der Waals surface area contributed by atoms with Gasteiger partial charge in [0.25, 0.3) is 0 Å². The van der Waals surface area contributed by atoms with E-state index in [4.69, 9.17) is 11.6 Å². The summed E-state index contributed by atoms with van der Waals surface area (Å²) in [6.07, 6.45) is 1.17. The molecule has 0 radical (unpaired) electrons. The van der Waals surface area contributed by atoms with Crippen molar-refractivity contribution in [1.29, 1.82) is 0 Å². The Morgan fingerprint density at radius 2 is 2.05 bits per heavy atom. The molecule has 0 amide bonds. The Morgan fingerprint density at radius 1 is 1.43 bits per heavy atom. The number of hydrogen-bond donors (Lipinski definition) is 1. The van der Waals surface area contributed by atoms with Gasteiger partial charge in [0.2, 0.25) is 0 Å². The van der Waals surface area contributed by atoms with Crippen molar-refractivity contribution in [3.63, 3.8) is 0 Å². The minimum Gasteiger partial charge on any atom is -0.481 e. The fraction of sp³-hybridized carbons (Fsp3) is 0.333. The zero-order chi connectivity index (χ0) is 15.6. The summed E-state index contributed by atoms with van der Waals surface area (Å²) in [6, 6.07) is 6.93. The summed E-state index contributed by atoms with van der Waals surface area (Å²) < 4.78 is 2.64. The van der Waals surface area contributed by atoms with Gasteiger partial charge in [0.05, 0.1) is 21.8 Å². The number of carboxylic acid groups (broad SMARTS) is 1. The highest BCUT2D eigenvalue weighted by molar-refractivity contribution is 9.10. The van der Waals surface area contributed by atoms with E-state index in [2.05, 4.69) is 21.0 Å². The molecule has 0 bridgehead atoms. The summed E-state index contributed by atoms with van der Waals surface area (Å²) in [5, 5.41) is 14.5. The predicted molar refractivity (Wildman–Crippen MR) is 85.8 cm³/mol. The topological polar surface area (TPSA) is 55.1 Å². The van der Waals surface area contributed by atoms with E-state index in [1.807, 2.05) is 14.0 Å². The molecule has 0 aliphatic heterocycles. The zero-order valence-corrected chi connectivity index (χ0v) is 14.1. The van der Waals surface area contributed by atoms with Crippen LogP contribution in [0.5, 0.6) is 0 Å². The Labute approximate surface area is 136 Å². The van der Waals surface area contributed by atoms with E-state index >= 15 is 0 Å². The summed E-state index contributed by atoms with van der Waals surface area (Å²) in [7, 11) is 1.83. The third-order valence-corrected chi connectivity index (χ3v) is 4.64. The van der Waals surface area contributed by atoms with Gasteiger partial charge in [0.15, 0.2) is 0 Å². The first-order valence-corrected chi connectivity index (χ1v) is 7.79. The lowest BCUT2D eigenvalue weighted by molar-refractivity contribution is -0.138. The predicted octanol–water partition coefficient (Wildman–Crippen LogP) is 3.81. The minimum absolute atomic E-state index is 0.376. The van der Waals surface area contributed by atoms with E-state index in [0.29, 0.717) is 11.4 Å². The summed E-state index contributed by atoms with van der Waals surface area (Å²) in [6.45, 7) is 2.02. The Bertz CT molecular complexity index is 652. The molecule has 2 rings (SSSR count). The van der Waals surface area contributed by atoms with Crippen LogP contribution in [0, 0.1) is 0 Å². The monoisotopic (exact) mass is 370 g/mol. The van der Waals surface area contributed by atoms with Crippen LogP contribution >= 0.6 is 27.5 Å². The van der Waals surface area contributed by atoms with Crippen LogP contribution in [-0.2, 0) is 24.7 Å². The molecule has 0 saturated heterocycles. The van der Waals surface area contributed by atoms with Crippen LogP contribution in [0.2, 0.25) is 5.02 Å². The molecule has 0 aliphatic carbocycles. The Kier molecular flexibility index (Phi) is 5.06. The van der Waals surface area contributed by atoms with Gasteiger partial charge in [-0.2, -0.15) is 5.10 Å². The largest absolute Gasteiger partial charge is 0.481 e. The summed E-state index contributed by atoms with van der Waals surface area (Å²) in [4.78, 5) is 11.6. The van der Waals surface area contributed by atoms with Crippen LogP contribution in [0.1, 0.15) is 29.8 Å². The molecule has 1 aromatic heterocycles. The SMILES string of the molecule is CCc1nn(C)c(CC(C(=O)O)c2ccc(Cl)cc2)c1Br. The van der Waals surface area contributed by atoms with Crippen LogP contribution in [0.4, 0.5) is 0 Å². The number of carbonyl (C=O) groups is 1. The van der Waals surface area contributed by atoms with Gasteiger partial charge in [0, 0.05) is 18.5 Å². The highest BCUT2D eigenvalue weighted by atomic mass is 79.9. The number of halogens is 2. The molecular formula is C15H16BrClN2O2. The lowest BCUT2D eigenvalue weighted by atomic mass is 9.94. The maximum Gasteiger partial charge on any atom is 0.311 e. The van der Waals surface area contributed by atoms with Gasteiger partial charge < -0.3 is 5.11 Å². The number of aromatic nitrogens is 2. The van der Waals surface area contributed by atoms with Crippen molar-refractivity contribution in [2.45, 2.75) is 25.7 Å². The van der Waals surface area contributed by atoms with E-state index in [1.165, 1.54) is 0 Å². The van der Waals surface area contributed by atoms with Gasteiger partial charge in [-0.1, -0.05) is 30.7 Å². The van der Waals surface area contributed by atoms with Gasteiger partial charge >= 0.3 is 5.97 Å². The van der Waals surface area contributed by atoms with Crippen molar-refractivity contribution in [2.24, 2.45) is 7.05 Å². The molecule has 0 fully saturated rings. The van der Waals surface area contributed by atoms with Gasteiger partial charge in [-0.25, -0.2) is 0 Å². The lowest BCUT2D eigenvalue weighted by Gasteiger charge is -2.13. The van der Waals surface area contributed by atoms with Crippen molar-refractivity contribution in [3.8, 4) is 0 Å². The number of aliphatic carboxylic acids is 1. The molecule has 1 aromatic carbocycles. The average Bonchev–Trinajstić information content (AvgIpc) is 2.72. The fourth-order valence-electron chi connectivity index (χ4n) is 2.28. The third kappa shape index (κ3) is 3.47. The maximum atomic E-state index is 11.6. The van der Waals surface area contributed by atoms with Crippen LogP contribution in [-0.4, -0.2) is 20.9 Å². The molecule has 0 saturated carbocycles. The van der Waals surface area contributed by atoms with E-state index in [-0.39, 0.29) is 0 Å². The second-order valence-electron chi connectivity index (χ2n) is 4.83. The van der Waals surface area contributed by atoms with Crippen LogP contribution < -0.4 is 0 Å². The van der Waals surface area contributed by atoms with Crippen molar-refractivity contribution >= 4 is 33.5 Å². The molecule has 4 nitrogen and oxygen atoms in total. The molecule has 0 spiro atoms. The van der Waals surface area contributed by atoms with Crippen molar-refractivity contribution in [1.82, 2.24) is 9.78 Å². The molecular weight excluding hydrogens is 356 g/mol. The molecule has 1 N–H and O–H groups in total. The molecule has 21 heavy (non-hydrogen) atoms. The van der Waals surface area contributed by atoms with Gasteiger partial charge in [-0.3, -0.25) is 9.48 Å². The molecule has 2 aromatic rings. The molecule has 6 heteroatoms. The van der Waals surface area contributed by atoms with Crippen molar-refractivity contribution in [2.75, 3.05) is 0 Å².